The van der Waals surface area contributed by atoms with Gasteiger partial charge in [-0.3, -0.25) is 10.1 Å². The third kappa shape index (κ3) is 2.93. The zero-order chi connectivity index (χ0) is 13.8. The van der Waals surface area contributed by atoms with Crippen molar-refractivity contribution < 1.29 is 10.0 Å². The largest absolute Gasteiger partial charge is 0.392 e. The van der Waals surface area contributed by atoms with Gasteiger partial charge in [-0.15, -0.1) is 6.58 Å². The second kappa shape index (κ2) is 5.84. The number of nitro benzene ring substituents is 1. The molecule has 102 valence electrons. The van der Waals surface area contributed by atoms with Crippen molar-refractivity contribution in [1.29, 1.82) is 0 Å². The van der Waals surface area contributed by atoms with Gasteiger partial charge in [-0.25, -0.2) is 0 Å². The first kappa shape index (κ1) is 13.5. The molecule has 0 bridgehead atoms. The number of allylic oxidation sites excluding steroid dienone is 1. The minimum Gasteiger partial charge on any atom is -0.392 e. The number of nitro groups is 1. The Kier molecular flexibility index (Phi) is 4.16. The summed E-state index contributed by atoms with van der Waals surface area (Å²) in [4.78, 5) is 12.7. The molecule has 0 amide bonds. The number of aliphatic hydroxyl groups is 1. The first-order valence-corrected chi connectivity index (χ1v) is 6.41. The highest BCUT2D eigenvalue weighted by Crippen LogP contribution is 2.32. The molecule has 1 aromatic rings. The maximum absolute atomic E-state index is 11.1. The molecule has 5 nitrogen and oxygen atoms in total. The molecule has 0 saturated carbocycles. The Morgan fingerprint density at radius 2 is 2.16 bits per heavy atom. The van der Waals surface area contributed by atoms with E-state index >= 15 is 0 Å². The Hall–Kier alpha value is -1.88. The minimum absolute atomic E-state index is 0.103. The van der Waals surface area contributed by atoms with Gasteiger partial charge in [0.05, 0.1) is 11.5 Å². The average Bonchev–Trinajstić information content (AvgIpc) is 2.46. The molecule has 1 aliphatic heterocycles. The molecule has 0 spiro atoms. The molecule has 5 heteroatoms. The van der Waals surface area contributed by atoms with Gasteiger partial charge in [-0.1, -0.05) is 6.08 Å². The molecular weight excluding hydrogens is 244 g/mol. The van der Waals surface area contributed by atoms with Gasteiger partial charge in [0.1, 0.15) is 5.69 Å². The second-order valence-corrected chi connectivity index (χ2v) is 4.80. The first-order chi connectivity index (χ1) is 9.15. The molecule has 1 N–H and O–H groups in total. The zero-order valence-electron chi connectivity index (χ0n) is 10.8. The number of hydrogen-bond acceptors (Lipinski definition) is 4. The van der Waals surface area contributed by atoms with Gasteiger partial charge in [0.25, 0.3) is 5.69 Å². The lowest BCUT2D eigenvalue weighted by Gasteiger charge is -2.32. The van der Waals surface area contributed by atoms with Crippen molar-refractivity contribution in [2.24, 2.45) is 5.92 Å². The van der Waals surface area contributed by atoms with Crippen LogP contribution in [0.3, 0.4) is 0 Å². The van der Waals surface area contributed by atoms with Crippen LogP contribution >= 0.6 is 0 Å². The predicted octanol–water partition coefficient (Wildman–Crippen LogP) is 2.49. The highest BCUT2D eigenvalue weighted by Gasteiger charge is 2.23. The van der Waals surface area contributed by atoms with Crippen molar-refractivity contribution in [2.45, 2.75) is 19.4 Å². The Bertz CT molecular complexity index is 480. The van der Waals surface area contributed by atoms with E-state index in [4.69, 9.17) is 5.11 Å². The van der Waals surface area contributed by atoms with Gasteiger partial charge in [-0.05, 0) is 36.5 Å². The van der Waals surface area contributed by atoms with E-state index in [1.165, 1.54) is 6.07 Å². The summed E-state index contributed by atoms with van der Waals surface area (Å²) in [5.41, 5.74) is 1.42. The smallest absolute Gasteiger partial charge is 0.292 e. The summed E-state index contributed by atoms with van der Waals surface area (Å²) in [6.45, 7) is 5.26. The van der Waals surface area contributed by atoms with Crippen molar-refractivity contribution in [3.63, 3.8) is 0 Å². The molecule has 0 aliphatic carbocycles. The quantitative estimate of drug-likeness (QED) is 0.514. The molecule has 0 radical (unpaired) electrons. The van der Waals surface area contributed by atoms with Gasteiger partial charge >= 0.3 is 0 Å². The van der Waals surface area contributed by atoms with Crippen LogP contribution in [0, 0.1) is 16.0 Å². The number of anilines is 1. The highest BCUT2D eigenvalue weighted by atomic mass is 16.6. The summed E-state index contributed by atoms with van der Waals surface area (Å²) < 4.78 is 0. The van der Waals surface area contributed by atoms with Gasteiger partial charge in [0.15, 0.2) is 0 Å². The van der Waals surface area contributed by atoms with E-state index in [0.717, 1.165) is 25.9 Å². The van der Waals surface area contributed by atoms with Crippen LogP contribution in [0.25, 0.3) is 0 Å². The van der Waals surface area contributed by atoms with Crippen molar-refractivity contribution in [1.82, 2.24) is 0 Å². The topological polar surface area (TPSA) is 66.6 Å². The number of rotatable bonds is 4. The number of benzene rings is 1. The van der Waals surface area contributed by atoms with Gasteiger partial charge < -0.3 is 10.0 Å². The third-order valence-corrected chi connectivity index (χ3v) is 3.63. The lowest BCUT2D eigenvalue weighted by Crippen LogP contribution is -2.33. The average molecular weight is 262 g/mol. The number of aliphatic hydroxyl groups excluding tert-OH is 1. The Morgan fingerprint density at radius 1 is 1.47 bits per heavy atom. The Morgan fingerprint density at radius 3 is 2.68 bits per heavy atom. The monoisotopic (exact) mass is 262 g/mol. The normalized spacial score (nSPS) is 16.4. The molecule has 1 aliphatic rings. The SMILES string of the molecule is C=CC1CCN(c2cc(CO)ccc2[N+](=O)[O-])CC1. The number of piperidine rings is 1. The summed E-state index contributed by atoms with van der Waals surface area (Å²) in [6.07, 6.45) is 3.88. The summed E-state index contributed by atoms with van der Waals surface area (Å²) >= 11 is 0. The standard InChI is InChI=1S/C14H18N2O3/c1-2-11-5-7-15(8-6-11)14-9-12(10-17)3-4-13(14)16(18)19/h2-4,9,11,17H,1,5-8,10H2. The molecule has 0 aromatic heterocycles. The van der Waals surface area contributed by atoms with Crippen LogP contribution < -0.4 is 4.90 Å². The zero-order valence-corrected chi connectivity index (χ0v) is 10.8. The summed E-state index contributed by atoms with van der Waals surface area (Å²) in [5, 5.41) is 20.3. The molecule has 2 rings (SSSR count). The van der Waals surface area contributed by atoms with E-state index in [1.54, 1.807) is 12.1 Å². The minimum atomic E-state index is -0.365. The lowest BCUT2D eigenvalue weighted by atomic mass is 9.96. The van der Waals surface area contributed by atoms with Gasteiger partial charge in [-0.2, -0.15) is 0 Å². The van der Waals surface area contributed by atoms with E-state index in [2.05, 4.69) is 6.58 Å². The first-order valence-electron chi connectivity index (χ1n) is 6.41. The molecule has 0 unspecified atom stereocenters. The number of nitrogens with zero attached hydrogens (tertiary/aromatic N) is 2. The van der Waals surface area contributed by atoms with E-state index < -0.39 is 0 Å². The van der Waals surface area contributed by atoms with E-state index in [-0.39, 0.29) is 17.2 Å². The maximum Gasteiger partial charge on any atom is 0.292 e. The lowest BCUT2D eigenvalue weighted by molar-refractivity contribution is -0.384. The summed E-state index contributed by atoms with van der Waals surface area (Å²) in [6, 6.07) is 4.78. The molecule has 1 aromatic carbocycles. The Balaban J connectivity index is 2.27. The van der Waals surface area contributed by atoms with Crippen LogP contribution in [0.5, 0.6) is 0 Å². The molecule has 0 atom stereocenters. The van der Waals surface area contributed by atoms with Crippen LogP contribution in [0.1, 0.15) is 18.4 Å². The van der Waals surface area contributed by atoms with Gasteiger partial charge in [0.2, 0.25) is 0 Å². The van der Waals surface area contributed by atoms with Crippen LogP contribution in [0.2, 0.25) is 0 Å². The summed E-state index contributed by atoms with van der Waals surface area (Å²) in [7, 11) is 0. The molecule has 1 saturated heterocycles. The van der Waals surface area contributed by atoms with Gasteiger partial charge in [0, 0.05) is 19.2 Å². The van der Waals surface area contributed by atoms with E-state index in [0.29, 0.717) is 17.2 Å². The third-order valence-electron chi connectivity index (χ3n) is 3.63. The van der Waals surface area contributed by atoms with E-state index in [9.17, 15) is 10.1 Å². The fourth-order valence-corrected chi connectivity index (χ4v) is 2.45. The fourth-order valence-electron chi connectivity index (χ4n) is 2.45. The summed E-state index contributed by atoms with van der Waals surface area (Å²) in [5.74, 6) is 0.497. The predicted molar refractivity (Wildman–Crippen MR) is 74.2 cm³/mol. The Labute approximate surface area is 112 Å². The van der Waals surface area contributed by atoms with E-state index in [1.807, 2.05) is 11.0 Å². The van der Waals surface area contributed by atoms with Crippen molar-refractivity contribution in [3.8, 4) is 0 Å². The maximum atomic E-state index is 11.1. The molecule has 19 heavy (non-hydrogen) atoms. The highest BCUT2D eigenvalue weighted by molar-refractivity contribution is 5.64. The van der Waals surface area contributed by atoms with Crippen molar-refractivity contribution >= 4 is 11.4 Å². The molecule has 1 fully saturated rings. The van der Waals surface area contributed by atoms with Crippen molar-refractivity contribution in [2.75, 3.05) is 18.0 Å². The van der Waals surface area contributed by atoms with Crippen molar-refractivity contribution in [3.05, 3.63) is 46.5 Å². The molecule has 1 heterocycles. The van der Waals surface area contributed by atoms with Crippen LogP contribution in [-0.2, 0) is 6.61 Å². The molecular formula is C14H18N2O3. The number of hydrogen-bond donors (Lipinski definition) is 1. The van der Waals surface area contributed by atoms with Crippen LogP contribution in [0.15, 0.2) is 30.9 Å². The second-order valence-electron chi connectivity index (χ2n) is 4.80. The van der Waals surface area contributed by atoms with Crippen LogP contribution in [-0.4, -0.2) is 23.1 Å². The van der Waals surface area contributed by atoms with Crippen LogP contribution in [0.4, 0.5) is 11.4 Å². The fraction of sp³-hybridized carbons (Fsp3) is 0.429.